The lowest BCUT2D eigenvalue weighted by Gasteiger charge is -2.23. The molecule has 32 heavy (non-hydrogen) atoms. The quantitative estimate of drug-likeness (QED) is 0.489. The second-order valence-corrected chi connectivity index (χ2v) is 8.81. The topological polar surface area (TPSA) is 90.9 Å². The molecular formula is C26H32N6. The summed E-state index contributed by atoms with van der Waals surface area (Å²) in [7, 11) is 4.12. The lowest BCUT2D eigenvalue weighted by atomic mass is 9.84. The number of fused-ring (bicyclic) bond motifs is 3. The summed E-state index contributed by atoms with van der Waals surface area (Å²) in [5.41, 5.74) is 14.8. The van der Waals surface area contributed by atoms with E-state index in [1.165, 1.54) is 11.1 Å². The van der Waals surface area contributed by atoms with Crippen molar-refractivity contribution in [1.82, 2.24) is 20.2 Å². The summed E-state index contributed by atoms with van der Waals surface area (Å²) in [6, 6.07) is 8.47. The molecule has 0 aliphatic heterocycles. The first-order valence-electron chi connectivity index (χ1n) is 11.2. The first-order valence-corrected chi connectivity index (χ1v) is 11.2. The van der Waals surface area contributed by atoms with Gasteiger partial charge in [-0.3, -0.25) is 0 Å². The van der Waals surface area contributed by atoms with E-state index >= 15 is 0 Å². The molecule has 0 bridgehead atoms. The fraction of sp³-hybridized carbons (Fsp3) is 0.346. The summed E-state index contributed by atoms with van der Waals surface area (Å²) >= 11 is 0. The summed E-state index contributed by atoms with van der Waals surface area (Å²) in [6.07, 6.45) is 6.02. The number of rotatable bonds is 7. The predicted molar refractivity (Wildman–Crippen MR) is 134 cm³/mol. The van der Waals surface area contributed by atoms with Crippen molar-refractivity contribution in [3.63, 3.8) is 0 Å². The van der Waals surface area contributed by atoms with Crippen LogP contribution in [0.5, 0.6) is 0 Å². The van der Waals surface area contributed by atoms with E-state index in [-0.39, 0.29) is 0 Å². The van der Waals surface area contributed by atoms with E-state index in [9.17, 15) is 0 Å². The fourth-order valence-electron chi connectivity index (χ4n) is 4.52. The third-order valence-corrected chi connectivity index (χ3v) is 6.16. The molecule has 4 rings (SSSR count). The molecule has 2 heterocycles. The normalized spacial score (nSPS) is 13.2. The Kier molecular flexibility index (Phi) is 6.24. The van der Waals surface area contributed by atoms with Crippen molar-refractivity contribution in [3.05, 3.63) is 59.3 Å². The highest BCUT2D eigenvalue weighted by molar-refractivity contribution is 6.12. The molecule has 0 unspecified atom stereocenters. The van der Waals surface area contributed by atoms with E-state index in [0.717, 1.165) is 77.8 Å². The predicted octanol–water partition coefficient (Wildman–Crippen LogP) is 4.27. The number of nitrogens with zero attached hydrogens (tertiary/aromatic N) is 3. The van der Waals surface area contributed by atoms with Crippen LogP contribution in [0.2, 0.25) is 0 Å². The first kappa shape index (κ1) is 22.0. The molecule has 2 aromatic heterocycles. The van der Waals surface area contributed by atoms with Crippen molar-refractivity contribution >= 4 is 28.1 Å². The van der Waals surface area contributed by atoms with Crippen LogP contribution in [0, 0.1) is 5.41 Å². The second-order valence-electron chi connectivity index (χ2n) is 8.81. The number of anilines is 1. The Bertz CT molecular complexity index is 1180. The Morgan fingerprint density at radius 3 is 2.50 bits per heavy atom. The molecule has 0 saturated carbocycles. The molecule has 0 amide bonds. The number of nitrogen functional groups attached to an aromatic ring is 1. The number of pyridine rings is 2. The SMILES string of the molecule is C=C(NCCN(C)C)c1ccc(-c2nc3cnc(N)c(C(C)=N)c3c3c2CCCC3)cc1. The minimum absolute atomic E-state index is 0.414. The maximum atomic E-state index is 8.26. The average molecular weight is 429 g/mol. The summed E-state index contributed by atoms with van der Waals surface area (Å²) in [5.74, 6) is 0.414. The lowest BCUT2D eigenvalue weighted by Crippen LogP contribution is -2.25. The zero-order valence-electron chi connectivity index (χ0n) is 19.3. The molecule has 1 aliphatic rings. The second kappa shape index (κ2) is 9.09. The molecule has 166 valence electrons. The highest BCUT2D eigenvalue weighted by Gasteiger charge is 2.23. The van der Waals surface area contributed by atoms with E-state index in [1.807, 2.05) is 0 Å². The van der Waals surface area contributed by atoms with Crippen LogP contribution in [0.15, 0.2) is 37.0 Å². The molecule has 0 atom stereocenters. The number of hydrogen-bond acceptors (Lipinski definition) is 6. The van der Waals surface area contributed by atoms with Crippen LogP contribution in [-0.4, -0.2) is 47.8 Å². The van der Waals surface area contributed by atoms with Gasteiger partial charge in [0.25, 0.3) is 0 Å². The van der Waals surface area contributed by atoms with E-state index < -0.39 is 0 Å². The van der Waals surface area contributed by atoms with E-state index in [2.05, 4.69) is 60.1 Å². The molecule has 6 heteroatoms. The zero-order chi connectivity index (χ0) is 22.8. The maximum Gasteiger partial charge on any atom is 0.133 e. The average Bonchev–Trinajstić information content (AvgIpc) is 2.78. The number of nitrogens with two attached hydrogens (primary N) is 1. The molecule has 0 saturated heterocycles. The van der Waals surface area contributed by atoms with Gasteiger partial charge in [0, 0.05) is 41.0 Å². The van der Waals surface area contributed by atoms with Crippen molar-refractivity contribution in [2.45, 2.75) is 32.6 Å². The van der Waals surface area contributed by atoms with Gasteiger partial charge in [-0.1, -0.05) is 30.8 Å². The molecule has 1 aromatic carbocycles. The minimum Gasteiger partial charge on any atom is -0.384 e. The Balaban J connectivity index is 1.74. The van der Waals surface area contributed by atoms with Crippen molar-refractivity contribution < 1.29 is 0 Å². The molecule has 0 spiro atoms. The van der Waals surface area contributed by atoms with Gasteiger partial charge < -0.3 is 21.4 Å². The highest BCUT2D eigenvalue weighted by atomic mass is 15.1. The fourth-order valence-corrected chi connectivity index (χ4v) is 4.52. The molecule has 1 aliphatic carbocycles. The van der Waals surface area contributed by atoms with Crippen LogP contribution in [0.1, 0.15) is 42.0 Å². The summed E-state index contributed by atoms with van der Waals surface area (Å²) in [6.45, 7) is 7.77. The van der Waals surface area contributed by atoms with Crippen LogP contribution in [-0.2, 0) is 12.8 Å². The van der Waals surface area contributed by atoms with Gasteiger partial charge in [0.2, 0.25) is 0 Å². The van der Waals surface area contributed by atoms with E-state index in [4.69, 9.17) is 16.1 Å². The van der Waals surface area contributed by atoms with Gasteiger partial charge in [-0.25, -0.2) is 9.97 Å². The van der Waals surface area contributed by atoms with Crippen LogP contribution < -0.4 is 11.1 Å². The summed E-state index contributed by atoms with van der Waals surface area (Å²) in [4.78, 5) is 11.5. The van der Waals surface area contributed by atoms with Crippen molar-refractivity contribution in [2.75, 3.05) is 32.9 Å². The number of likely N-dealkylation sites (N-methyl/N-ethyl adjacent to an activating group) is 1. The van der Waals surface area contributed by atoms with Crippen LogP contribution in [0.4, 0.5) is 5.82 Å². The monoisotopic (exact) mass is 428 g/mol. The maximum absolute atomic E-state index is 8.26. The first-order chi connectivity index (χ1) is 15.4. The number of aryl methyl sites for hydroxylation is 1. The summed E-state index contributed by atoms with van der Waals surface area (Å²) < 4.78 is 0. The standard InChI is InChI=1S/C26H32N6/c1-16(27)23-24-20-7-5-6-8-21(20)25(31-22(24)15-30-26(23)28)19-11-9-18(10-12-19)17(2)29-13-14-32(3)4/h9-12,15,27,29H,2,5-8,13-14H2,1,3-4H3,(H2,28,30). The van der Waals surface area contributed by atoms with Gasteiger partial charge >= 0.3 is 0 Å². The van der Waals surface area contributed by atoms with Gasteiger partial charge in [-0.2, -0.15) is 0 Å². The van der Waals surface area contributed by atoms with Crippen LogP contribution >= 0.6 is 0 Å². The largest absolute Gasteiger partial charge is 0.384 e. The molecule has 4 N–H and O–H groups in total. The number of nitrogens with one attached hydrogen (secondary N) is 2. The molecular weight excluding hydrogens is 396 g/mol. The smallest absolute Gasteiger partial charge is 0.133 e. The Labute approximate surface area is 190 Å². The van der Waals surface area contributed by atoms with Gasteiger partial charge in [0.1, 0.15) is 5.82 Å². The third-order valence-electron chi connectivity index (χ3n) is 6.16. The summed E-state index contributed by atoms with van der Waals surface area (Å²) in [5, 5.41) is 12.7. The molecule has 6 nitrogen and oxygen atoms in total. The van der Waals surface area contributed by atoms with E-state index in [0.29, 0.717) is 11.5 Å². The molecule has 3 aromatic rings. The van der Waals surface area contributed by atoms with Gasteiger partial charge in [0.05, 0.1) is 17.4 Å². The Morgan fingerprint density at radius 1 is 1.16 bits per heavy atom. The highest BCUT2D eigenvalue weighted by Crippen LogP contribution is 2.37. The third kappa shape index (κ3) is 4.23. The van der Waals surface area contributed by atoms with E-state index in [1.54, 1.807) is 13.1 Å². The Hall–Kier alpha value is -3.25. The van der Waals surface area contributed by atoms with Gasteiger partial charge in [-0.15, -0.1) is 0 Å². The van der Waals surface area contributed by atoms with Crippen molar-refractivity contribution in [2.24, 2.45) is 0 Å². The number of benzene rings is 1. The number of aromatic nitrogens is 2. The molecule has 0 radical (unpaired) electrons. The van der Waals surface area contributed by atoms with Crippen LogP contribution in [0.3, 0.4) is 0 Å². The lowest BCUT2D eigenvalue weighted by molar-refractivity contribution is 0.411. The Morgan fingerprint density at radius 2 is 1.84 bits per heavy atom. The zero-order valence-corrected chi connectivity index (χ0v) is 19.3. The van der Waals surface area contributed by atoms with Gasteiger partial charge in [-0.05, 0) is 63.4 Å². The van der Waals surface area contributed by atoms with Crippen molar-refractivity contribution in [3.8, 4) is 11.3 Å². The minimum atomic E-state index is 0.414. The molecule has 0 fully saturated rings. The van der Waals surface area contributed by atoms with Crippen molar-refractivity contribution in [1.29, 1.82) is 5.41 Å². The van der Waals surface area contributed by atoms with Gasteiger partial charge in [0.15, 0.2) is 0 Å². The van der Waals surface area contributed by atoms with Crippen LogP contribution in [0.25, 0.3) is 27.9 Å². The number of hydrogen-bond donors (Lipinski definition) is 3.